The first kappa shape index (κ1) is 19.7. The van der Waals surface area contributed by atoms with Crippen LogP contribution in [-0.2, 0) is 6.42 Å². The molecule has 2 aromatic rings. The van der Waals surface area contributed by atoms with E-state index in [9.17, 15) is 4.39 Å². The molecule has 0 saturated carbocycles. The van der Waals surface area contributed by atoms with Gasteiger partial charge in [-0.3, -0.25) is 9.98 Å². The lowest BCUT2D eigenvalue weighted by atomic mass is 10.2. The van der Waals surface area contributed by atoms with Gasteiger partial charge in [0.25, 0.3) is 0 Å². The second-order valence-electron chi connectivity index (χ2n) is 6.02. The van der Waals surface area contributed by atoms with Crippen LogP contribution in [0.2, 0.25) is 0 Å². The van der Waals surface area contributed by atoms with Gasteiger partial charge in [-0.25, -0.2) is 4.39 Å². The molecule has 2 N–H and O–H groups in total. The number of aliphatic imine (C=N–C) groups is 1. The summed E-state index contributed by atoms with van der Waals surface area (Å²) in [6.07, 6.45) is 3.36. The van der Waals surface area contributed by atoms with E-state index >= 15 is 0 Å². The highest BCUT2D eigenvalue weighted by Crippen LogP contribution is 2.17. The Balaban J connectivity index is 1.77. The summed E-state index contributed by atoms with van der Waals surface area (Å²) in [5.41, 5.74) is 2.19. The van der Waals surface area contributed by atoms with E-state index < -0.39 is 0 Å². The van der Waals surface area contributed by atoms with Gasteiger partial charge in [-0.1, -0.05) is 25.1 Å². The average molecular weight is 358 g/mol. The van der Waals surface area contributed by atoms with E-state index in [0.29, 0.717) is 12.5 Å². The number of guanidine groups is 1. The number of ether oxygens (including phenoxy) is 1. The van der Waals surface area contributed by atoms with E-state index in [2.05, 4.69) is 26.7 Å². The van der Waals surface area contributed by atoms with Crippen molar-refractivity contribution in [3.63, 3.8) is 0 Å². The first-order valence-electron chi connectivity index (χ1n) is 8.89. The van der Waals surface area contributed by atoms with Gasteiger partial charge in [-0.15, -0.1) is 0 Å². The van der Waals surface area contributed by atoms with Gasteiger partial charge >= 0.3 is 0 Å². The number of para-hydroxylation sites is 1. The molecule has 0 aliphatic rings. The standard InChI is InChI=1S/C20H27FN4O/c1-4-17(26-19-8-6-5-7-18(19)21)14-25-20(22-3)23-12-11-16-10-9-15(2)24-13-16/h5-10,13,17H,4,11-12,14H2,1-3H3,(H2,22,23,25). The number of hydrogen-bond acceptors (Lipinski definition) is 3. The second kappa shape index (κ2) is 10.4. The molecular formula is C20H27FN4O. The molecule has 0 spiro atoms. The molecule has 1 atom stereocenters. The third-order valence-corrected chi connectivity index (χ3v) is 3.99. The quantitative estimate of drug-likeness (QED) is 0.562. The second-order valence-corrected chi connectivity index (χ2v) is 6.02. The molecule has 1 heterocycles. The van der Waals surface area contributed by atoms with Crippen molar-refractivity contribution in [1.82, 2.24) is 15.6 Å². The fourth-order valence-corrected chi connectivity index (χ4v) is 2.39. The lowest BCUT2D eigenvalue weighted by Gasteiger charge is -2.20. The maximum absolute atomic E-state index is 13.7. The molecule has 2 rings (SSSR count). The molecule has 140 valence electrons. The van der Waals surface area contributed by atoms with Crippen molar-refractivity contribution in [3.8, 4) is 5.75 Å². The van der Waals surface area contributed by atoms with Crippen LogP contribution >= 0.6 is 0 Å². The molecule has 1 aromatic heterocycles. The Labute approximate surface area is 154 Å². The number of nitrogens with one attached hydrogen (secondary N) is 2. The number of benzene rings is 1. The summed E-state index contributed by atoms with van der Waals surface area (Å²) in [7, 11) is 1.72. The van der Waals surface area contributed by atoms with Crippen molar-refractivity contribution in [3.05, 3.63) is 59.7 Å². The first-order valence-corrected chi connectivity index (χ1v) is 8.89. The zero-order valence-electron chi connectivity index (χ0n) is 15.6. The lowest BCUT2D eigenvalue weighted by molar-refractivity contribution is 0.191. The largest absolute Gasteiger partial charge is 0.486 e. The van der Waals surface area contributed by atoms with Crippen molar-refractivity contribution in [1.29, 1.82) is 0 Å². The Bertz CT molecular complexity index is 703. The average Bonchev–Trinajstić information content (AvgIpc) is 2.66. The molecule has 0 saturated heterocycles. The SMILES string of the molecule is CCC(CNC(=NC)NCCc1ccc(C)nc1)Oc1ccccc1F. The normalized spacial score (nSPS) is 12.5. The third kappa shape index (κ3) is 6.35. The molecule has 6 heteroatoms. The Morgan fingerprint density at radius 3 is 2.69 bits per heavy atom. The molecule has 0 aliphatic heterocycles. The summed E-state index contributed by atoms with van der Waals surface area (Å²) < 4.78 is 19.5. The number of pyridine rings is 1. The van der Waals surface area contributed by atoms with E-state index in [0.717, 1.165) is 25.1 Å². The molecule has 1 aromatic carbocycles. The third-order valence-electron chi connectivity index (χ3n) is 3.99. The maximum atomic E-state index is 13.7. The summed E-state index contributed by atoms with van der Waals surface area (Å²) in [4.78, 5) is 8.51. The fraction of sp³-hybridized carbons (Fsp3) is 0.400. The highest BCUT2D eigenvalue weighted by atomic mass is 19.1. The minimum absolute atomic E-state index is 0.147. The smallest absolute Gasteiger partial charge is 0.191 e. The molecular weight excluding hydrogens is 331 g/mol. The number of halogens is 1. The van der Waals surface area contributed by atoms with Crippen LogP contribution in [0.1, 0.15) is 24.6 Å². The van der Waals surface area contributed by atoms with Crippen molar-refractivity contribution in [2.75, 3.05) is 20.1 Å². The van der Waals surface area contributed by atoms with Gasteiger partial charge in [0.05, 0.1) is 6.54 Å². The molecule has 0 radical (unpaired) electrons. The molecule has 1 unspecified atom stereocenters. The molecule has 0 fully saturated rings. The highest BCUT2D eigenvalue weighted by molar-refractivity contribution is 5.79. The molecule has 0 bridgehead atoms. The van der Waals surface area contributed by atoms with Gasteiger partial charge in [0, 0.05) is 25.5 Å². The van der Waals surface area contributed by atoms with Gasteiger partial charge in [-0.05, 0) is 43.5 Å². The van der Waals surface area contributed by atoms with Gasteiger partial charge in [-0.2, -0.15) is 0 Å². The van der Waals surface area contributed by atoms with Crippen LogP contribution in [0.5, 0.6) is 5.75 Å². The zero-order valence-corrected chi connectivity index (χ0v) is 15.6. The Kier molecular flexibility index (Phi) is 7.86. The van der Waals surface area contributed by atoms with Crippen LogP contribution in [0.25, 0.3) is 0 Å². The van der Waals surface area contributed by atoms with Crippen molar-refractivity contribution in [2.45, 2.75) is 32.8 Å². The number of rotatable bonds is 8. The summed E-state index contributed by atoms with van der Waals surface area (Å²) in [6, 6.07) is 10.5. The first-order chi connectivity index (χ1) is 12.6. The van der Waals surface area contributed by atoms with Gasteiger partial charge < -0.3 is 15.4 Å². The molecule has 26 heavy (non-hydrogen) atoms. The number of aromatic nitrogens is 1. The van der Waals surface area contributed by atoms with E-state index in [4.69, 9.17) is 4.74 Å². The van der Waals surface area contributed by atoms with Gasteiger partial charge in [0.15, 0.2) is 17.5 Å². The highest BCUT2D eigenvalue weighted by Gasteiger charge is 2.11. The van der Waals surface area contributed by atoms with Crippen LogP contribution in [0, 0.1) is 12.7 Å². The van der Waals surface area contributed by atoms with Gasteiger partial charge in [0.2, 0.25) is 0 Å². The van der Waals surface area contributed by atoms with E-state index in [1.54, 1.807) is 25.2 Å². The lowest BCUT2D eigenvalue weighted by Crippen LogP contribution is -2.43. The monoisotopic (exact) mass is 358 g/mol. The van der Waals surface area contributed by atoms with Crippen LogP contribution in [0.15, 0.2) is 47.6 Å². The summed E-state index contributed by atoms with van der Waals surface area (Å²) in [5, 5.41) is 6.50. The summed E-state index contributed by atoms with van der Waals surface area (Å²) in [6.45, 7) is 5.26. The van der Waals surface area contributed by atoms with Crippen LogP contribution < -0.4 is 15.4 Å². The number of aryl methyl sites for hydroxylation is 1. The van der Waals surface area contributed by atoms with Gasteiger partial charge in [0.1, 0.15) is 6.10 Å². The van der Waals surface area contributed by atoms with Crippen LogP contribution in [0.3, 0.4) is 0 Å². The van der Waals surface area contributed by atoms with Crippen LogP contribution in [-0.4, -0.2) is 37.2 Å². The van der Waals surface area contributed by atoms with Crippen molar-refractivity contribution >= 4 is 5.96 Å². The van der Waals surface area contributed by atoms with E-state index in [1.165, 1.54) is 11.6 Å². The van der Waals surface area contributed by atoms with E-state index in [1.807, 2.05) is 26.1 Å². The van der Waals surface area contributed by atoms with Crippen LogP contribution in [0.4, 0.5) is 4.39 Å². The topological polar surface area (TPSA) is 58.5 Å². The Morgan fingerprint density at radius 2 is 2.04 bits per heavy atom. The molecule has 0 amide bonds. The zero-order chi connectivity index (χ0) is 18.8. The minimum atomic E-state index is -0.347. The Morgan fingerprint density at radius 1 is 1.23 bits per heavy atom. The van der Waals surface area contributed by atoms with Crippen molar-refractivity contribution in [2.24, 2.45) is 4.99 Å². The summed E-state index contributed by atoms with van der Waals surface area (Å²) in [5.74, 6) is 0.622. The predicted octanol–water partition coefficient (Wildman–Crippen LogP) is 3.09. The maximum Gasteiger partial charge on any atom is 0.191 e. The Hall–Kier alpha value is -2.63. The molecule has 0 aliphatic carbocycles. The van der Waals surface area contributed by atoms with E-state index in [-0.39, 0.29) is 17.7 Å². The fourth-order valence-electron chi connectivity index (χ4n) is 2.39. The molecule has 5 nitrogen and oxygen atoms in total. The number of hydrogen-bond donors (Lipinski definition) is 2. The predicted molar refractivity (Wildman–Crippen MR) is 103 cm³/mol. The number of nitrogens with zero attached hydrogens (tertiary/aromatic N) is 2. The van der Waals surface area contributed by atoms with Crippen molar-refractivity contribution < 1.29 is 9.13 Å². The minimum Gasteiger partial charge on any atom is -0.486 e. The summed E-state index contributed by atoms with van der Waals surface area (Å²) >= 11 is 0.